The number of hydrogen-bond acceptors (Lipinski definition) is 6. The molecule has 1 heterocycles. The standard InChI is InChI=1S/C20H26N4O3S2/c1-13(2)8-9-21-18(26)10-17-11-28-20(24-17)29-12-19(27)23-16-6-4-15(5-7-16)22-14(3)25/h4-7,11,13H,8-10,12H2,1-3H3,(H,21,26)(H,22,25)(H,23,27). The van der Waals surface area contributed by atoms with E-state index >= 15 is 0 Å². The average molecular weight is 435 g/mol. The molecule has 7 nitrogen and oxygen atoms in total. The molecule has 0 saturated heterocycles. The number of benzene rings is 1. The number of thiazole rings is 1. The highest BCUT2D eigenvalue weighted by atomic mass is 32.2. The number of hydrogen-bond donors (Lipinski definition) is 3. The number of rotatable bonds is 10. The number of carbonyl (C=O) groups is 3. The maximum Gasteiger partial charge on any atom is 0.234 e. The molecule has 0 radical (unpaired) electrons. The van der Waals surface area contributed by atoms with E-state index in [9.17, 15) is 14.4 Å². The van der Waals surface area contributed by atoms with Crippen LogP contribution in [-0.4, -0.2) is 35.0 Å². The minimum absolute atomic E-state index is 0.0343. The second-order valence-electron chi connectivity index (χ2n) is 6.91. The molecule has 0 atom stereocenters. The zero-order chi connectivity index (χ0) is 21.2. The van der Waals surface area contributed by atoms with Crippen LogP contribution in [0.15, 0.2) is 34.0 Å². The summed E-state index contributed by atoms with van der Waals surface area (Å²) in [6, 6.07) is 6.91. The Morgan fingerprint density at radius 2 is 1.72 bits per heavy atom. The van der Waals surface area contributed by atoms with Crippen LogP contribution in [0.1, 0.15) is 32.9 Å². The van der Waals surface area contributed by atoms with Gasteiger partial charge in [-0.05, 0) is 36.6 Å². The zero-order valence-corrected chi connectivity index (χ0v) is 18.4. The SMILES string of the molecule is CC(=O)Nc1ccc(NC(=O)CSc2nc(CC(=O)NCCC(C)C)cs2)cc1. The Bertz CT molecular complexity index is 835. The monoisotopic (exact) mass is 434 g/mol. The van der Waals surface area contributed by atoms with Crippen molar-refractivity contribution in [3.05, 3.63) is 35.3 Å². The Kier molecular flexibility index (Phi) is 9.14. The summed E-state index contributed by atoms with van der Waals surface area (Å²) in [4.78, 5) is 39.5. The Morgan fingerprint density at radius 1 is 1.07 bits per heavy atom. The number of aromatic nitrogens is 1. The molecule has 1 aromatic carbocycles. The van der Waals surface area contributed by atoms with E-state index in [1.807, 2.05) is 5.38 Å². The lowest BCUT2D eigenvalue weighted by Gasteiger charge is -2.06. The van der Waals surface area contributed by atoms with E-state index < -0.39 is 0 Å². The third-order valence-electron chi connectivity index (χ3n) is 3.73. The van der Waals surface area contributed by atoms with Crippen molar-refractivity contribution < 1.29 is 14.4 Å². The minimum Gasteiger partial charge on any atom is -0.356 e. The largest absolute Gasteiger partial charge is 0.356 e. The third kappa shape index (κ3) is 9.10. The Morgan fingerprint density at radius 3 is 2.34 bits per heavy atom. The van der Waals surface area contributed by atoms with Gasteiger partial charge in [0.05, 0.1) is 17.9 Å². The molecule has 0 aliphatic carbocycles. The van der Waals surface area contributed by atoms with E-state index in [4.69, 9.17) is 0 Å². The molecule has 0 spiro atoms. The number of thioether (sulfide) groups is 1. The van der Waals surface area contributed by atoms with Crippen molar-refractivity contribution in [3.8, 4) is 0 Å². The molecule has 2 aromatic rings. The van der Waals surface area contributed by atoms with Gasteiger partial charge >= 0.3 is 0 Å². The van der Waals surface area contributed by atoms with Gasteiger partial charge in [0, 0.05) is 30.2 Å². The summed E-state index contributed by atoms with van der Waals surface area (Å²) in [5, 5.41) is 10.2. The molecule has 0 aliphatic heterocycles. The van der Waals surface area contributed by atoms with Crippen LogP contribution in [0.4, 0.5) is 11.4 Å². The van der Waals surface area contributed by atoms with Crippen LogP contribution in [0, 0.1) is 5.92 Å². The maximum absolute atomic E-state index is 12.1. The smallest absolute Gasteiger partial charge is 0.234 e. The first-order valence-corrected chi connectivity index (χ1v) is 11.2. The van der Waals surface area contributed by atoms with Crippen molar-refractivity contribution >= 4 is 52.2 Å². The highest BCUT2D eigenvalue weighted by molar-refractivity contribution is 8.01. The van der Waals surface area contributed by atoms with Crippen LogP contribution in [0.3, 0.4) is 0 Å². The van der Waals surface area contributed by atoms with E-state index in [0.717, 1.165) is 10.8 Å². The Balaban J connectivity index is 1.73. The van der Waals surface area contributed by atoms with E-state index in [1.165, 1.54) is 30.0 Å². The van der Waals surface area contributed by atoms with Crippen molar-refractivity contribution in [1.82, 2.24) is 10.3 Å². The summed E-state index contributed by atoms with van der Waals surface area (Å²) in [5.41, 5.74) is 2.05. The maximum atomic E-state index is 12.1. The summed E-state index contributed by atoms with van der Waals surface area (Å²) >= 11 is 2.76. The van der Waals surface area contributed by atoms with Crippen molar-refractivity contribution in [1.29, 1.82) is 0 Å². The number of nitrogens with zero attached hydrogens (tertiary/aromatic N) is 1. The molecule has 0 saturated carbocycles. The lowest BCUT2D eigenvalue weighted by Crippen LogP contribution is -2.26. The zero-order valence-electron chi connectivity index (χ0n) is 16.8. The molecule has 3 N–H and O–H groups in total. The fourth-order valence-corrected chi connectivity index (χ4v) is 3.97. The molecule has 29 heavy (non-hydrogen) atoms. The van der Waals surface area contributed by atoms with Gasteiger partial charge < -0.3 is 16.0 Å². The Hall–Kier alpha value is -2.39. The predicted molar refractivity (Wildman–Crippen MR) is 118 cm³/mol. The predicted octanol–water partition coefficient (Wildman–Crippen LogP) is 3.54. The van der Waals surface area contributed by atoms with Crippen LogP contribution in [0.5, 0.6) is 0 Å². The molecule has 156 valence electrons. The van der Waals surface area contributed by atoms with Crippen LogP contribution < -0.4 is 16.0 Å². The first kappa shape index (κ1) is 22.9. The van der Waals surface area contributed by atoms with E-state index in [0.29, 0.717) is 29.5 Å². The van der Waals surface area contributed by atoms with Crippen molar-refractivity contribution in [2.75, 3.05) is 22.9 Å². The van der Waals surface area contributed by atoms with E-state index in [2.05, 4.69) is 34.8 Å². The highest BCUT2D eigenvalue weighted by Gasteiger charge is 2.10. The van der Waals surface area contributed by atoms with Crippen molar-refractivity contribution in [2.45, 2.75) is 38.0 Å². The Labute approximate surface area is 179 Å². The van der Waals surface area contributed by atoms with Crippen molar-refractivity contribution in [2.24, 2.45) is 5.92 Å². The molecular formula is C20H26N4O3S2. The first-order valence-electron chi connectivity index (χ1n) is 9.33. The van der Waals surface area contributed by atoms with Gasteiger partial charge in [-0.15, -0.1) is 11.3 Å². The number of amides is 3. The summed E-state index contributed by atoms with van der Waals surface area (Å²) in [7, 11) is 0. The molecular weight excluding hydrogens is 408 g/mol. The minimum atomic E-state index is -0.148. The molecule has 0 bridgehead atoms. The molecule has 1 aromatic heterocycles. The number of carbonyl (C=O) groups excluding carboxylic acids is 3. The number of nitrogens with one attached hydrogen (secondary N) is 3. The van der Waals surface area contributed by atoms with Crippen LogP contribution in [-0.2, 0) is 20.8 Å². The molecule has 9 heteroatoms. The normalized spacial score (nSPS) is 10.6. The van der Waals surface area contributed by atoms with Gasteiger partial charge in [0.15, 0.2) is 4.34 Å². The van der Waals surface area contributed by atoms with E-state index in [1.54, 1.807) is 24.3 Å². The highest BCUT2D eigenvalue weighted by Crippen LogP contribution is 2.23. The summed E-state index contributed by atoms with van der Waals surface area (Å²) in [6.07, 6.45) is 1.21. The molecule has 2 rings (SSSR count). The van der Waals surface area contributed by atoms with Crippen LogP contribution in [0.2, 0.25) is 0 Å². The van der Waals surface area contributed by atoms with E-state index in [-0.39, 0.29) is 29.9 Å². The lowest BCUT2D eigenvalue weighted by atomic mass is 10.1. The lowest BCUT2D eigenvalue weighted by molar-refractivity contribution is -0.120. The molecule has 0 fully saturated rings. The van der Waals surface area contributed by atoms with Crippen LogP contribution in [0.25, 0.3) is 0 Å². The third-order valence-corrected chi connectivity index (χ3v) is 5.80. The van der Waals surface area contributed by atoms with Gasteiger partial charge in [0.2, 0.25) is 17.7 Å². The second-order valence-corrected chi connectivity index (χ2v) is 8.99. The van der Waals surface area contributed by atoms with Crippen LogP contribution >= 0.6 is 23.1 Å². The van der Waals surface area contributed by atoms with Gasteiger partial charge in [-0.1, -0.05) is 25.6 Å². The van der Waals surface area contributed by atoms with Gasteiger partial charge in [0.25, 0.3) is 0 Å². The summed E-state index contributed by atoms with van der Waals surface area (Å²) in [5.74, 6) is 0.451. The van der Waals surface area contributed by atoms with Gasteiger partial charge in [-0.2, -0.15) is 0 Å². The molecule has 0 unspecified atom stereocenters. The topological polar surface area (TPSA) is 100 Å². The fraction of sp³-hybridized carbons (Fsp3) is 0.400. The summed E-state index contributed by atoms with van der Waals surface area (Å²) < 4.78 is 0.756. The quantitative estimate of drug-likeness (QED) is 0.497. The summed E-state index contributed by atoms with van der Waals surface area (Å²) in [6.45, 7) is 6.35. The van der Waals surface area contributed by atoms with Gasteiger partial charge in [0.1, 0.15) is 0 Å². The van der Waals surface area contributed by atoms with Gasteiger partial charge in [-0.25, -0.2) is 4.98 Å². The van der Waals surface area contributed by atoms with Gasteiger partial charge in [-0.3, -0.25) is 14.4 Å². The number of anilines is 2. The molecule has 3 amide bonds. The second kappa shape index (κ2) is 11.6. The average Bonchev–Trinajstić information content (AvgIpc) is 3.08. The fourth-order valence-electron chi connectivity index (χ4n) is 2.33. The first-order chi connectivity index (χ1) is 13.8. The van der Waals surface area contributed by atoms with Crippen molar-refractivity contribution in [3.63, 3.8) is 0 Å². The molecule has 0 aliphatic rings.